The number of aliphatic hydroxyl groups is 3. The van der Waals surface area contributed by atoms with Crippen molar-refractivity contribution in [2.24, 2.45) is 23.5 Å². The Balaban J connectivity index is 1.40. The lowest BCUT2D eigenvalue weighted by molar-refractivity contribution is -0.120. The topological polar surface area (TPSA) is 199 Å². The molecule has 4 unspecified atom stereocenters. The number of anilines is 1. The zero-order chi connectivity index (χ0) is 31.7. The fraction of sp³-hybridized carbons (Fsp3) is 0.312. The van der Waals surface area contributed by atoms with E-state index in [1.165, 1.54) is 25.3 Å². The fourth-order valence-electron chi connectivity index (χ4n) is 7.42. The molecule has 0 aliphatic heterocycles. The summed E-state index contributed by atoms with van der Waals surface area (Å²) in [4.78, 5) is 40.5. The number of amides is 2. The summed E-state index contributed by atoms with van der Waals surface area (Å²) in [5.41, 5.74) is 5.76. The minimum Gasteiger partial charge on any atom is -0.511 e. The average molecular weight is 601 g/mol. The third-order valence-corrected chi connectivity index (χ3v) is 9.15. The Morgan fingerprint density at radius 2 is 1.77 bits per heavy atom. The van der Waals surface area contributed by atoms with Gasteiger partial charge in [0, 0.05) is 17.3 Å². The lowest BCUT2D eigenvalue weighted by Crippen LogP contribution is -2.59. The van der Waals surface area contributed by atoms with Crippen molar-refractivity contribution >= 4 is 23.3 Å². The van der Waals surface area contributed by atoms with Gasteiger partial charge < -0.3 is 36.0 Å². The van der Waals surface area contributed by atoms with Crippen LogP contribution in [0.25, 0.3) is 11.1 Å². The number of rotatable bonds is 5. The molecule has 7 N–H and O–H groups in total. The number of aliphatic hydroxyl groups excluding tert-OH is 2. The molecule has 0 radical (unpaired) electrons. The number of hydrogen-bond donors (Lipinski definition) is 6. The van der Waals surface area contributed by atoms with E-state index in [0.717, 1.165) is 5.56 Å². The van der Waals surface area contributed by atoms with Gasteiger partial charge in [-0.1, -0.05) is 23.4 Å². The number of ketones is 1. The third-order valence-electron chi connectivity index (χ3n) is 9.15. The number of phenols is 1. The number of nitrogens with one attached hydrogen (secondary N) is 1. The number of Topliss-reactive ketones (excluding diaryl/α,β-unsaturated/α-hetero) is 1. The van der Waals surface area contributed by atoms with Gasteiger partial charge >= 0.3 is 0 Å². The predicted octanol–water partition coefficient (Wildman–Crippen LogP) is 3.09. The highest BCUT2D eigenvalue weighted by Crippen LogP contribution is 2.55. The van der Waals surface area contributed by atoms with Gasteiger partial charge in [-0.25, -0.2) is 0 Å². The highest BCUT2D eigenvalue weighted by atomic mass is 16.5. The molecule has 0 saturated carbocycles. The number of carbonyl (C=O) groups is 3. The van der Waals surface area contributed by atoms with Crippen LogP contribution in [0.1, 0.15) is 39.8 Å². The van der Waals surface area contributed by atoms with Crippen molar-refractivity contribution in [3.8, 4) is 16.9 Å². The largest absolute Gasteiger partial charge is 0.511 e. The van der Waals surface area contributed by atoms with Gasteiger partial charge in [-0.15, -0.1) is 0 Å². The Hall–Kier alpha value is -4.94. The highest BCUT2D eigenvalue weighted by Gasteiger charge is 2.59. The molecule has 3 aromatic rings. The van der Waals surface area contributed by atoms with Crippen LogP contribution in [0, 0.1) is 17.8 Å². The van der Waals surface area contributed by atoms with Gasteiger partial charge in [-0.2, -0.15) is 0 Å². The summed E-state index contributed by atoms with van der Waals surface area (Å²) >= 11 is 0. The summed E-state index contributed by atoms with van der Waals surface area (Å²) in [6, 6.07) is 10.8. The Bertz CT molecular complexity index is 1750. The number of benzene rings is 2. The van der Waals surface area contributed by atoms with Gasteiger partial charge in [0.25, 0.3) is 11.8 Å². The molecule has 3 aliphatic rings. The van der Waals surface area contributed by atoms with E-state index in [4.69, 9.17) is 10.3 Å². The first-order valence-electron chi connectivity index (χ1n) is 14.1. The Labute approximate surface area is 252 Å². The van der Waals surface area contributed by atoms with Crippen molar-refractivity contribution in [2.45, 2.75) is 31.4 Å². The van der Waals surface area contributed by atoms with E-state index in [0.29, 0.717) is 23.2 Å². The van der Waals surface area contributed by atoms with Gasteiger partial charge in [0.15, 0.2) is 5.78 Å². The van der Waals surface area contributed by atoms with E-state index in [1.807, 2.05) is 0 Å². The number of hydrogen-bond acceptors (Lipinski definition) is 10. The quantitative estimate of drug-likeness (QED) is 0.253. The molecule has 12 heteroatoms. The maximum atomic E-state index is 14.0. The SMILES string of the molecule is CN(C)[C@@H]1C(O)=C(C(N)=O)C(C)(O)C2C(O)=C3C(=O)c4c(O)ccc(-c5ccc(NC(=O)c6ccno6)cc5)c4CC3CC21. The highest BCUT2D eigenvalue weighted by molar-refractivity contribution is 6.14. The Morgan fingerprint density at radius 3 is 2.39 bits per heavy atom. The minimum atomic E-state index is -2.05. The number of phenolic OH excluding ortho intramolecular Hbond substituents is 1. The zero-order valence-corrected chi connectivity index (χ0v) is 24.2. The molecule has 0 saturated heterocycles. The van der Waals surface area contributed by atoms with Crippen LogP contribution in [0.15, 0.2) is 75.8 Å². The van der Waals surface area contributed by atoms with Crippen molar-refractivity contribution in [3.63, 3.8) is 0 Å². The number of likely N-dealkylation sites (N-methyl/N-ethyl adjacent to an activating group) is 1. The van der Waals surface area contributed by atoms with Crippen molar-refractivity contribution in [1.29, 1.82) is 0 Å². The minimum absolute atomic E-state index is 0.0505. The second kappa shape index (κ2) is 10.4. The summed E-state index contributed by atoms with van der Waals surface area (Å²) in [7, 11) is 3.42. The lowest BCUT2D eigenvalue weighted by Gasteiger charge is -2.52. The summed E-state index contributed by atoms with van der Waals surface area (Å²) in [5.74, 6) is -5.15. The van der Waals surface area contributed by atoms with Crippen LogP contribution in [-0.2, 0) is 11.2 Å². The van der Waals surface area contributed by atoms with Gasteiger partial charge in [-0.3, -0.25) is 19.3 Å². The van der Waals surface area contributed by atoms with Crippen LogP contribution >= 0.6 is 0 Å². The lowest BCUT2D eigenvalue weighted by atomic mass is 9.56. The number of nitrogens with zero attached hydrogens (tertiary/aromatic N) is 2. The van der Waals surface area contributed by atoms with Crippen molar-refractivity contribution in [1.82, 2.24) is 10.1 Å². The molecule has 0 bridgehead atoms. The monoisotopic (exact) mass is 600 g/mol. The van der Waals surface area contributed by atoms with E-state index in [1.54, 1.807) is 49.3 Å². The Kier molecular flexibility index (Phi) is 6.86. The van der Waals surface area contributed by atoms with Crippen molar-refractivity contribution in [3.05, 3.63) is 88.2 Å². The van der Waals surface area contributed by atoms with Crippen LogP contribution < -0.4 is 11.1 Å². The van der Waals surface area contributed by atoms with E-state index in [2.05, 4.69) is 10.5 Å². The number of fused-ring (bicyclic) bond motifs is 3. The standard InChI is InChI=1S/C32H32N4O8/c1-32(43)24-19(26(36(2)3)29(40)25(32)30(33)41)13-15-12-18-17(8-9-20(37)23(18)27(38)22(15)28(24)39)14-4-6-16(7-5-14)35-31(42)21-10-11-34-44-21/h4-11,15,19,24,26,37,39-40,43H,12-13H2,1-3H3,(H2,33,41)(H,35,42)/t15?,19?,24?,26-,32?/m0/s1. The maximum absolute atomic E-state index is 14.0. The maximum Gasteiger partial charge on any atom is 0.294 e. The number of primary amides is 1. The third kappa shape index (κ3) is 4.37. The van der Waals surface area contributed by atoms with Crippen LogP contribution in [0.2, 0.25) is 0 Å². The molecular formula is C32H32N4O8. The molecule has 2 aromatic carbocycles. The second-order valence-corrected chi connectivity index (χ2v) is 12.0. The Morgan fingerprint density at radius 1 is 1.07 bits per heavy atom. The van der Waals surface area contributed by atoms with E-state index in [9.17, 15) is 34.8 Å². The molecule has 1 aromatic heterocycles. The molecule has 12 nitrogen and oxygen atoms in total. The molecular weight excluding hydrogens is 568 g/mol. The molecule has 0 fully saturated rings. The molecule has 228 valence electrons. The zero-order valence-electron chi connectivity index (χ0n) is 24.2. The van der Waals surface area contributed by atoms with E-state index in [-0.39, 0.29) is 40.6 Å². The van der Waals surface area contributed by atoms with Crippen LogP contribution in [0.4, 0.5) is 5.69 Å². The number of allylic oxidation sites excluding steroid dienone is 1. The van der Waals surface area contributed by atoms with Crippen molar-refractivity contribution in [2.75, 3.05) is 19.4 Å². The second-order valence-electron chi connectivity index (χ2n) is 12.0. The molecule has 44 heavy (non-hydrogen) atoms. The normalized spacial score (nSPS) is 26.2. The van der Waals surface area contributed by atoms with E-state index >= 15 is 0 Å². The van der Waals surface area contributed by atoms with Crippen LogP contribution in [0.3, 0.4) is 0 Å². The molecule has 3 aliphatic carbocycles. The first-order chi connectivity index (χ1) is 20.8. The van der Waals surface area contributed by atoms with Crippen LogP contribution in [0.5, 0.6) is 5.75 Å². The van der Waals surface area contributed by atoms with Gasteiger partial charge in [-0.05, 0) is 80.6 Å². The number of nitrogens with two attached hydrogens (primary N) is 1. The first-order valence-corrected chi connectivity index (χ1v) is 14.1. The molecule has 5 atom stereocenters. The summed E-state index contributed by atoms with van der Waals surface area (Å²) < 4.78 is 4.89. The summed E-state index contributed by atoms with van der Waals surface area (Å²) in [6.07, 6.45) is 1.95. The van der Waals surface area contributed by atoms with Crippen LogP contribution in [-0.4, -0.2) is 73.8 Å². The molecule has 6 rings (SSSR count). The number of carbonyl (C=O) groups excluding carboxylic acids is 3. The number of aromatic nitrogens is 1. The van der Waals surface area contributed by atoms with Gasteiger partial charge in [0.05, 0.1) is 29.3 Å². The number of aromatic hydroxyl groups is 1. The molecule has 1 heterocycles. The summed E-state index contributed by atoms with van der Waals surface area (Å²) in [6.45, 7) is 1.30. The average Bonchev–Trinajstić information content (AvgIpc) is 3.48. The summed E-state index contributed by atoms with van der Waals surface area (Å²) in [5, 5.41) is 51.5. The van der Waals surface area contributed by atoms with E-state index < -0.39 is 52.6 Å². The smallest absolute Gasteiger partial charge is 0.294 e. The molecule has 2 amide bonds. The van der Waals surface area contributed by atoms with Gasteiger partial charge in [0.2, 0.25) is 5.76 Å². The van der Waals surface area contributed by atoms with Gasteiger partial charge in [0.1, 0.15) is 22.9 Å². The molecule has 0 spiro atoms. The van der Waals surface area contributed by atoms with Crippen molar-refractivity contribution < 1.29 is 39.3 Å². The fourth-order valence-corrected chi connectivity index (χ4v) is 7.42. The predicted molar refractivity (Wildman–Crippen MR) is 158 cm³/mol. The first kappa shape index (κ1) is 29.1.